The van der Waals surface area contributed by atoms with Gasteiger partial charge in [0.1, 0.15) is 17.3 Å². The molecule has 32 heavy (non-hydrogen) atoms. The number of halogens is 1. The lowest BCUT2D eigenvalue weighted by atomic mass is 10.1. The first-order chi connectivity index (χ1) is 15.7. The number of aromatic nitrogens is 1. The highest BCUT2D eigenvalue weighted by Crippen LogP contribution is 2.33. The summed E-state index contributed by atoms with van der Waals surface area (Å²) in [5.41, 5.74) is 3.30. The number of rotatable bonds is 4. The van der Waals surface area contributed by atoms with E-state index >= 15 is 0 Å². The SMILES string of the molecule is O=C1COc2ccc(-c3csc(=Nc4ccccc4F)n3/N=C\c3ccccc3)cc2N1. The summed E-state index contributed by atoms with van der Waals surface area (Å²) in [5.74, 6) is -0.000879. The minimum Gasteiger partial charge on any atom is -0.482 e. The molecular formula is C24H17FN4O2S. The third-order valence-electron chi connectivity index (χ3n) is 4.78. The fraction of sp³-hybridized carbons (Fsp3) is 0.0417. The van der Waals surface area contributed by atoms with E-state index in [0.29, 0.717) is 16.2 Å². The summed E-state index contributed by atoms with van der Waals surface area (Å²) >= 11 is 1.34. The molecule has 1 aliphatic heterocycles. The van der Waals surface area contributed by atoms with Crippen LogP contribution in [-0.2, 0) is 4.79 Å². The van der Waals surface area contributed by atoms with Gasteiger partial charge in [-0.25, -0.2) is 14.1 Å². The summed E-state index contributed by atoms with van der Waals surface area (Å²) in [5, 5.41) is 9.35. The number of amides is 1. The Morgan fingerprint density at radius 1 is 1.06 bits per heavy atom. The van der Waals surface area contributed by atoms with Crippen LogP contribution < -0.4 is 14.9 Å². The zero-order valence-electron chi connectivity index (χ0n) is 16.7. The van der Waals surface area contributed by atoms with Crippen LogP contribution in [0.25, 0.3) is 11.3 Å². The van der Waals surface area contributed by atoms with E-state index in [1.54, 1.807) is 35.2 Å². The van der Waals surface area contributed by atoms with Gasteiger partial charge in [0.25, 0.3) is 5.91 Å². The predicted octanol–water partition coefficient (Wildman–Crippen LogP) is 4.80. The number of nitrogens with one attached hydrogen (secondary N) is 1. The van der Waals surface area contributed by atoms with Gasteiger partial charge < -0.3 is 10.1 Å². The number of thiazole rings is 1. The van der Waals surface area contributed by atoms with Crippen molar-refractivity contribution in [1.82, 2.24) is 4.68 Å². The first-order valence-corrected chi connectivity index (χ1v) is 10.7. The van der Waals surface area contributed by atoms with Crippen LogP contribution >= 0.6 is 11.3 Å². The van der Waals surface area contributed by atoms with Gasteiger partial charge in [-0.05, 0) is 35.9 Å². The molecule has 0 saturated carbocycles. The highest BCUT2D eigenvalue weighted by Gasteiger charge is 2.18. The van der Waals surface area contributed by atoms with E-state index in [0.717, 1.165) is 16.8 Å². The van der Waals surface area contributed by atoms with Crippen LogP contribution in [-0.4, -0.2) is 23.4 Å². The summed E-state index contributed by atoms with van der Waals surface area (Å²) in [6.45, 7) is -0.00215. The normalized spacial score (nSPS) is 13.7. The average molecular weight is 444 g/mol. The number of para-hydroxylation sites is 1. The largest absolute Gasteiger partial charge is 0.482 e. The van der Waals surface area contributed by atoms with Crippen molar-refractivity contribution in [2.45, 2.75) is 0 Å². The second-order valence-electron chi connectivity index (χ2n) is 6.98. The fourth-order valence-electron chi connectivity index (χ4n) is 3.24. The summed E-state index contributed by atoms with van der Waals surface area (Å²) in [6.07, 6.45) is 1.72. The number of anilines is 1. The molecule has 4 aromatic rings. The molecule has 1 N–H and O–H groups in total. The maximum Gasteiger partial charge on any atom is 0.262 e. The summed E-state index contributed by atoms with van der Waals surface area (Å²) in [4.78, 5) is 16.7. The Hall–Kier alpha value is -4.04. The molecule has 0 aliphatic carbocycles. The van der Waals surface area contributed by atoms with E-state index in [9.17, 15) is 9.18 Å². The molecule has 1 aromatic heterocycles. The first kappa shape index (κ1) is 19.9. The molecule has 0 atom stereocenters. The number of carbonyl (C=O) groups is 1. The smallest absolute Gasteiger partial charge is 0.262 e. The lowest BCUT2D eigenvalue weighted by molar-refractivity contribution is -0.118. The molecule has 5 rings (SSSR count). The van der Waals surface area contributed by atoms with Crippen molar-refractivity contribution < 1.29 is 13.9 Å². The standard InChI is InChI=1S/C24H17FN4O2S/c25-18-8-4-5-9-19(18)28-24-29(26-13-16-6-2-1-3-7-16)21(15-32-24)17-10-11-22-20(12-17)27-23(30)14-31-22/h1-13,15H,14H2,(H,27,30)/b26-13-,28-24?. The van der Waals surface area contributed by atoms with Crippen molar-refractivity contribution in [3.8, 4) is 17.0 Å². The van der Waals surface area contributed by atoms with Gasteiger partial charge in [0.15, 0.2) is 6.61 Å². The second kappa shape index (κ2) is 8.60. The van der Waals surface area contributed by atoms with Gasteiger partial charge in [-0.1, -0.05) is 42.5 Å². The van der Waals surface area contributed by atoms with E-state index in [-0.39, 0.29) is 18.2 Å². The van der Waals surface area contributed by atoms with Crippen LogP contribution in [0.15, 0.2) is 88.3 Å². The van der Waals surface area contributed by atoms with E-state index in [4.69, 9.17) is 4.74 Å². The van der Waals surface area contributed by atoms with E-state index in [2.05, 4.69) is 15.4 Å². The van der Waals surface area contributed by atoms with E-state index in [1.165, 1.54) is 17.4 Å². The van der Waals surface area contributed by atoms with Crippen LogP contribution in [0.1, 0.15) is 5.56 Å². The first-order valence-electron chi connectivity index (χ1n) is 9.84. The summed E-state index contributed by atoms with van der Waals surface area (Å²) in [6, 6.07) is 21.5. The van der Waals surface area contributed by atoms with Gasteiger partial charge in [-0.15, -0.1) is 11.3 Å². The zero-order valence-corrected chi connectivity index (χ0v) is 17.6. The Morgan fingerprint density at radius 2 is 1.88 bits per heavy atom. The van der Waals surface area contributed by atoms with Crippen LogP contribution in [0, 0.1) is 5.82 Å². The van der Waals surface area contributed by atoms with Crippen LogP contribution in [0.5, 0.6) is 5.75 Å². The molecule has 0 radical (unpaired) electrons. The molecule has 1 amide bonds. The van der Waals surface area contributed by atoms with E-state index in [1.807, 2.05) is 47.8 Å². The van der Waals surface area contributed by atoms with Crippen molar-refractivity contribution in [3.05, 3.63) is 94.4 Å². The molecule has 0 spiro atoms. The minimum atomic E-state index is -0.408. The molecule has 0 saturated heterocycles. The van der Waals surface area contributed by atoms with Crippen molar-refractivity contribution in [3.63, 3.8) is 0 Å². The van der Waals surface area contributed by atoms with Crippen molar-refractivity contribution in [2.75, 3.05) is 11.9 Å². The zero-order chi connectivity index (χ0) is 21.9. The minimum absolute atomic E-state index is 0.00215. The Bertz CT molecular complexity index is 1390. The Morgan fingerprint density at radius 3 is 2.72 bits per heavy atom. The van der Waals surface area contributed by atoms with Gasteiger partial charge in [0.05, 0.1) is 17.6 Å². The molecule has 158 valence electrons. The molecule has 1 aliphatic rings. The maximum absolute atomic E-state index is 14.2. The van der Waals surface area contributed by atoms with E-state index < -0.39 is 5.82 Å². The highest BCUT2D eigenvalue weighted by atomic mass is 32.1. The fourth-order valence-corrected chi connectivity index (χ4v) is 4.09. The summed E-state index contributed by atoms with van der Waals surface area (Å²) < 4.78 is 21.3. The molecular weight excluding hydrogens is 427 g/mol. The molecule has 2 heterocycles. The topological polar surface area (TPSA) is 68.0 Å². The van der Waals surface area contributed by atoms with Gasteiger partial charge >= 0.3 is 0 Å². The Balaban J connectivity index is 1.64. The maximum atomic E-state index is 14.2. The summed E-state index contributed by atoms with van der Waals surface area (Å²) in [7, 11) is 0. The lowest BCUT2D eigenvalue weighted by Crippen LogP contribution is -2.25. The van der Waals surface area contributed by atoms with Crippen LogP contribution in [0.3, 0.4) is 0 Å². The number of carbonyl (C=O) groups excluding carboxylic acids is 1. The lowest BCUT2D eigenvalue weighted by Gasteiger charge is -2.18. The van der Waals surface area contributed by atoms with Crippen LogP contribution in [0.2, 0.25) is 0 Å². The van der Waals surface area contributed by atoms with Gasteiger partial charge in [-0.2, -0.15) is 5.10 Å². The number of nitrogens with zero attached hydrogens (tertiary/aromatic N) is 3. The number of benzene rings is 3. The molecule has 8 heteroatoms. The number of ether oxygens (including phenoxy) is 1. The monoisotopic (exact) mass is 444 g/mol. The van der Waals surface area contributed by atoms with Gasteiger partial charge in [-0.3, -0.25) is 4.79 Å². The molecule has 3 aromatic carbocycles. The van der Waals surface area contributed by atoms with Crippen molar-refractivity contribution in [2.24, 2.45) is 10.1 Å². The Labute approximate surface area is 187 Å². The van der Waals surface area contributed by atoms with Crippen molar-refractivity contribution >= 4 is 34.8 Å². The quantitative estimate of drug-likeness (QED) is 0.460. The number of fused-ring (bicyclic) bond motifs is 1. The van der Waals surface area contributed by atoms with Gasteiger partial charge in [0.2, 0.25) is 4.80 Å². The average Bonchev–Trinajstić information content (AvgIpc) is 3.21. The van der Waals surface area contributed by atoms with Crippen molar-refractivity contribution in [1.29, 1.82) is 0 Å². The third kappa shape index (κ3) is 4.08. The molecule has 6 nitrogen and oxygen atoms in total. The number of hydrogen-bond acceptors (Lipinski definition) is 5. The molecule has 0 bridgehead atoms. The molecule has 0 fully saturated rings. The number of hydrogen-bond donors (Lipinski definition) is 1. The Kier molecular flexibility index (Phi) is 5.35. The third-order valence-corrected chi connectivity index (χ3v) is 5.60. The second-order valence-corrected chi connectivity index (χ2v) is 7.82. The van der Waals surface area contributed by atoms with Crippen LogP contribution in [0.4, 0.5) is 15.8 Å². The van der Waals surface area contributed by atoms with Gasteiger partial charge in [0, 0.05) is 10.9 Å². The highest BCUT2D eigenvalue weighted by molar-refractivity contribution is 7.07. The predicted molar refractivity (Wildman–Crippen MR) is 123 cm³/mol. The molecule has 0 unspecified atom stereocenters.